The molecule has 0 aromatic heterocycles. The maximum Gasteiger partial charge on any atom is 0.126 e. The van der Waals surface area contributed by atoms with Gasteiger partial charge in [-0.1, -0.05) is 18.1 Å². The Bertz CT molecular complexity index is 341. The Morgan fingerprint density at radius 2 is 2.31 bits per heavy atom. The van der Waals surface area contributed by atoms with Gasteiger partial charge in [-0.05, 0) is 24.1 Å². The second kappa shape index (κ2) is 4.04. The number of aryl methyl sites for hydroxylation is 1. The molecule has 1 aromatic carbocycles. The van der Waals surface area contributed by atoms with Crippen LogP contribution in [0.25, 0.3) is 0 Å². The summed E-state index contributed by atoms with van der Waals surface area (Å²) >= 11 is 0. The van der Waals surface area contributed by atoms with Gasteiger partial charge in [0, 0.05) is 0 Å². The van der Waals surface area contributed by atoms with Crippen molar-refractivity contribution in [2.75, 3.05) is 0 Å². The van der Waals surface area contributed by atoms with Crippen molar-refractivity contribution in [2.24, 2.45) is 5.84 Å². The van der Waals surface area contributed by atoms with Crippen molar-refractivity contribution in [2.45, 2.75) is 13.0 Å². The zero-order valence-electron chi connectivity index (χ0n) is 7.34. The third-order valence-corrected chi connectivity index (χ3v) is 1.85. The summed E-state index contributed by atoms with van der Waals surface area (Å²) in [5.41, 5.74) is 3.81. The van der Waals surface area contributed by atoms with Gasteiger partial charge in [0.15, 0.2) is 0 Å². The van der Waals surface area contributed by atoms with Crippen molar-refractivity contribution >= 4 is 0 Å². The largest absolute Gasteiger partial charge is 0.270 e. The predicted octanol–water partition coefficient (Wildman–Crippen LogP) is 1.27. The highest BCUT2D eigenvalue weighted by Gasteiger charge is 2.06. The van der Waals surface area contributed by atoms with E-state index < -0.39 is 0 Å². The van der Waals surface area contributed by atoms with Crippen LogP contribution in [0.4, 0.5) is 4.39 Å². The number of halogens is 1. The third-order valence-electron chi connectivity index (χ3n) is 1.85. The van der Waals surface area contributed by atoms with Crippen molar-refractivity contribution in [1.82, 2.24) is 5.43 Å². The second-order valence-electron chi connectivity index (χ2n) is 2.77. The number of hydrogen-bond acceptors (Lipinski definition) is 2. The van der Waals surface area contributed by atoms with Crippen LogP contribution in [0, 0.1) is 25.1 Å². The first kappa shape index (κ1) is 9.72. The number of hydrogen-bond donors (Lipinski definition) is 2. The summed E-state index contributed by atoms with van der Waals surface area (Å²) in [5, 5.41) is 0. The number of terminal acetylenes is 1. The van der Waals surface area contributed by atoms with Crippen LogP contribution >= 0.6 is 0 Å². The second-order valence-corrected chi connectivity index (χ2v) is 2.77. The van der Waals surface area contributed by atoms with Crippen molar-refractivity contribution in [3.63, 3.8) is 0 Å². The number of rotatable bonds is 2. The molecule has 1 aromatic rings. The van der Waals surface area contributed by atoms with E-state index in [4.69, 9.17) is 12.3 Å². The van der Waals surface area contributed by atoms with Gasteiger partial charge < -0.3 is 0 Å². The average Bonchev–Trinajstić information content (AvgIpc) is 2.13. The molecule has 13 heavy (non-hydrogen) atoms. The van der Waals surface area contributed by atoms with E-state index in [0.29, 0.717) is 5.56 Å². The molecule has 0 aliphatic carbocycles. The zero-order valence-corrected chi connectivity index (χ0v) is 7.34. The van der Waals surface area contributed by atoms with Crippen molar-refractivity contribution in [1.29, 1.82) is 0 Å². The van der Waals surface area contributed by atoms with Crippen LogP contribution in [0.1, 0.15) is 17.2 Å². The zero-order chi connectivity index (χ0) is 9.84. The third kappa shape index (κ3) is 2.05. The normalized spacial score (nSPS) is 12.2. The first-order valence-electron chi connectivity index (χ1n) is 3.87. The summed E-state index contributed by atoms with van der Waals surface area (Å²) in [7, 11) is 0. The molecule has 0 heterocycles. The molecule has 0 radical (unpaired) electrons. The van der Waals surface area contributed by atoms with Crippen molar-refractivity contribution < 1.29 is 4.39 Å². The van der Waals surface area contributed by atoms with E-state index in [-0.39, 0.29) is 11.9 Å². The summed E-state index contributed by atoms with van der Waals surface area (Å²) in [6, 6.07) is 4.32. The minimum atomic E-state index is -0.362. The highest BCUT2D eigenvalue weighted by Crippen LogP contribution is 2.15. The average molecular weight is 178 g/mol. The molecule has 0 saturated heterocycles. The Hall–Kier alpha value is -1.37. The van der Waals surface area contributed by atoms with Gasteiger partial charge in [0.1, 0.15) is 11.9 Å². The summed E-state index contributed by atoms with van der Waals surface area (Å²) in [6.07, 6.45) is 5.22. The van der Waals surface area contributed by atoms with E-state index in [1.54, 1.807) is 19.1 Å². The van der Waals surface area contributed by atoms with Gasteiger partial charge in [0.2, 0.25) is 0 Å². The minimum Gasteiger partial charge on any atom is -0.270 e. The van der Waals surface area contributed by atoms with Crippen LogP contribution in [0.2, 0.25) is 0 Å². The Balaban J connectivity index is 3.04. The molecule has 1 unspecified atom stereocenters. The maximum absolute atomic E-state index is 12.9. The van der Waals surface area contributed by atoms with Gasteiger partial charge in [-0.3, -0.25) is 5.84 Å². The standard InChI is InChI=1S/C10H11FN2/c1-3-10(13-12)8-4-5-9(11)7(2)6-8/h1,4-6,10,13H,12H2,2H3. The molecule has 1 atom stereocenters. The molecule has 68 valence electrons. The number of nitrogens with one attached hydrogen (secondary N) is 1. The monoisotopic (exact) mass is 178 g/mol. The van der Waals surface area contributed by atoms with Gasteiger partial charge >= 0.3 is 0 Å². The highest BCUT2D eigenvalue weighted by molar-refractivity contribution is 5.30. The smallest absolute Gasteiger partial charge is 0.126 e. The molecule has 0 amide bonds. The first-order chi connectivity index (χ1) is 6.19. The summed E-state index contributed by atoms with van der Waals surface area (Å²) in [6.45, 7) is 1.68. The molecular formula is C10H11FN2. The van der Waals surface area contributed by atoms with Crippen molar-refractivity contribution in [3.8, 4) is 12.3 Å². The number of nitrogens with two attached hydrogens (primary N) is 1. The van der Waals surface area contributed by atoms with Gasteiger partial charge in [0.25, 0.3) is 0 Å². The maximum atomic E-state index is 12.9. The lowest BCUT2D eigenvalue weighted by Crippen LogP contribution is -2.26. The van der Waals surface area contributed by atoms with Crippen LogP contribution in [0.5, 0.6) is 0 Å². The van der Waals surface area contributed by atoms with Crippen LogP contribution in [-0.4, -0.2) is 0 Å². The molecular weight excluding hydrogens is 167 g/mol. The minimum absolute atomic E-state index is 0.239. The van der Waals surface area contributed by atoms with E-state index in [1.807, 2.05) is 0 Å². The van der Waals surface area contributed by atoms with Crippen LogP contribution in [0.3, 0.4) is 0 Å². The molecule has 1 rings (SSSR count). The first-order valence-corrected chi connectivity index (χ1v) is 3.87. The molecule has 0 bridgehead atoms. The fraction of sp³-hybridized carbons (Fsp3) is 0.200. The number of benzene rings is 1. The summed E-state index contributed by atoms with van der Waals surface area (Å²) in [4.78, 5) is 0. The molecule has 0 spiro atoms. The Morgan fingerprint density at radius 3 is 2.77 bits per heavy atom. The van der Waals surface area contributed by atoms with Crippen molar-refractivity contribution in [3.05, 3.63) is 35.1 Å². The lowest BCUT2D eigenvalue weighted by molar-refractivity contribution is 0.613. The molecule has 0 aliphatic heterocycles. The molecule has 3 heteroatoms. The van der Waals surface area contributed by atoms with E-state index in [9.17, 15) is 4.39 Å². The number of hydrazine groups is 1. The van der Waals surface area contributed by atoms with E-state index >= 15 is 0 Å². The molecule has 3 N–H and O–H groups in total. The van der Waals surface area contributed by atoms with Crippen LogP contribution < -0.4 is 11.3 Å². The molecule has 2 nitrogen and oxygen atoms in total. The quantitative estimate of drug-likeness (QED) is 0.406. The summed E-state index contributed by atoms with van der Waals surface area (Å²) in [5.74, 6) is 7.43. The van der Waals surface area contributed by atoms with Gasteiger partial charge in [-0.25, -0.2) is 9.82 Å². The van der Waals surface area contributed by atoms with Crippen LogP contribution in [0.15, 0.2) is 18.2 Å². The summed E-state index contributed by atoms with van der Waals surface area (Å²) < 4.78 is 12.9. The fourth-order valence-corrected chi connectivity index (χ4v) is 1.09. The fourth-order valence-electron chi connectivity index (χ4n) is 1.09. The molecule has 0 aliphatic rings. The lowest BCUT2D eigenvalue weighted by atomic mass is 10.1. The Morgan fingerprint density at radius 1 is 1.62 bits per heavy atom. The van der Waals surface area contributed by atoms with Gasteiger partial charge in [0.05, 0.1) is 0 Å². The Kier molecular flexibility index (Phi) is 3.02. The SMILES string of the molecule is C#CC(NN)c1ccc(F)c(C)c1. The molecule has 0 saturated carbocycles. The van der Waals surface area contributed by atoms with E-state index in [0.717, 1.165) is 5.56 Å². The predicted molar refractivity (Wildman–Crippen MR) is 50.0 cm³/mol. The van der Waals surface area contributed by atoms with Crippen LogP contribution in [-0.2, 0) is 0 Å². The van der Waals surface area contributed by atoms with E-state index in [2.05, 4.69) is 11.3 Å². The van der Waals surface area contributed by atoms with Gasteiger partial charge in [-0.15, -0.1) is 6.42 Å². The lowest BCUT2D eigenvalue weighted by Gasteiger charge is -2.10. The van der Waals surface area contributed by atoms with Gasteiger partial charge in [-0.2, -0.15) is 0 Å². The van der Waals surface area contributed by atoms with E-state index in [1.165, 1.54) is 6.07 Å². The highest BCUT2D eigenvalue weighted by atomic mass is 19.1. The molecule has 0 fully saturated rings. The Labute approximate surface area is 76.9 Å². The topological polar surface area (TPSA) is 38.0 Å².